The first-order chi connectivity index (χ1) is 40.1. The van der Waals surface area contributed by atoms with Crippen LogP contribution in [0.4, 0.5) is 5.69 Å². The van der Waals surface area contributed by atoms with Crippen LogP contribution in [0.15, 0.2) is 233 Å². The van der Waals surface area contributed by atoms with Gasteiger partial charge in [0.25, 0.3) is 11.8 Å². The van der Waals surface area contributed by atoms with E-state index >= 15 is 9.59 Å². The van der Waals surface area contributed by atoms with Gasteiger partial charge in [-0.2, -0.15) is 5.26 Å². The summed E-state index contributed by atoms with van der Waals surface area (Å²) in [7, 11) is 0. The Bertz CT molecular complexity index is 4510. The van der Waals surface area contributed by atoms with E-state index < -0.39 is 11.8 Å². The van der Waals surface area contributed by atoms with E-state index in [0.29, 0.717) is 39.3 Å². The smallest absolute Gasteiger partial charge is 0.266 e. The van der Waals surface area contributed by atoms with Crippen LogP contribution in [-0.4, -0.2) is 60.8 Å². The second-order valence-electron chi connectivity index (χ2n) is 19.5. The van der Waals surface area contributed by atoms with Gasteiger partial charge in [-0.05, 0) is 35.4 Å². The Kier molecular flexibility index (Phi) is 10.8. The molecule has 0 unspecified atom stereocenters. The number of carbonyl (C=O) groups excluding carboxylic acids is 2. The van der Waals surface area contributed by atoms with Crippen LogP contribution in [0.25, 0.3) is 122 Å². The lowest BCUT2D eigenvalue weighted by Gasteiger charge is -2.24. The molecule has 0 radical (unpaired) electrons. The molecule has 0 atom stereocenters. The van der Waals surface area contributed by atoms with Crippen LogP contribution in [0.5, 0.6) is 0 Å². The lowest BCUT2D eigenvalue weighted by molar-refractivity contribution is 0.0926. The minimum atomic E-state index is -0.506. The molecule has 0 saturated heterocycles. The van der Waals surface area contributed by atoms with E-state index in [0.717, 1.165) is 93.7 Å². The maximum absolute atomic E-state index is 16.1. The number of amides is 2. The number of hydrogen-bond donors (Lipinski definition) is 0. The van der Waals surface area contributed by atoms with Gasteiger partial charge in [-0.3, -0.25) is 9.59 Å². The molecule has 1 aliphatic heterocycles. The first kappa shape index (κ1) is 46.6. The minimum absolute atomic E-state index is 0.195. The topological polar surface area (TPSA) is 174 Å². The van der Waals surface area contributed by atoms with Crippen molar-refractivity contribution in [3.63, 3.8) is 0 Å². The number of carbonyl (C=O) groups is 2. The SMILES string of the molecule is N#Cc1cc(-n2c3c(-c4cncnc4)cccc3c3cccc(-c4cncnc4)c32)c(-c2cccc3c2C(=O)N(c2ccccc2-c2ccccc2)C3=O)c(-n2c3c(-c4cncnc4)cccc3c3cccc(-c4cncnc4)c32)c1. The zero-order valence-electron chi connectivity index (χ0n) is 42.6. The van der Waals surface area contributed by atoms with Crippen molar-refractivity contribution in [1.82, 2.24) is 49.0 Å². The summed E-state index contributed by atoms with van der Waals surface area (Å²) in [4.78, 5) is 68.7. The van der Waals surface area contributed by atoms with Crippen LogP contribution < -0.4 is 4.90 Å². The number of nitrogens with zero attached hydrogens (tertiary/aromatic N) is 12. The van der Waals surface area contributed by atoms with Gasteiger partial charge in [0.05, 0.1) is 61.9 Å². The number of rotatable bonds is 9. The van der Waals surface area contributed by atoms with E-state index in [1.165, 1.54) is 30.2 Å². The summed E-state index contributed by atoms with van der Waals surface area (Å²) in [5.41, 5.74) is 14.1. The summed E-state index contributed by atoms with van der Waals surface area (Å²) in [6.45, 7) is 0. The second-order valence-corrected chi connectivity index (χ2v) is 19.5. The highest BCUT2D eigenvalue weighted by Gasteiger charge is 2.41. The Hall–Kier alpha value is -11.7. The lowest BCUT2D eigenvalue weighted by atomic mass is 9.92. The van der Waals surface area contributed by atoms with E-state index in [9.17, 15) is 5.26 Å². The molecule has 0 bridgehead atoms. The largest absolute Gasteiger partial charge is 0.307 e. The van der Waals surface area contributed by atoms with Crippen molar-refractivity contribution in [2.75, 3.05) is 4.90 Å². The maximum Gasteiger partial charge on any atom is 0.266 e. The maximum atomic E-state index is 16.1. The molecule has 14 nitrogen and oxygen atoms in total. The molecule has 378 valence electrons. The fourth-order valence-corrected chi connectivity index (χ4v) is 11.9. The number of aromatic nitrogens is 10. The molecule has 6 aromatic heterocycles. The van der Waals surface area contributed by atoms with Gasteiger partial charge in [-0.1, -0.05) is 133 Å². The highest BCUT2D eigenvalue weighted by molar-refractivity contribution is 6.37. The number of imide groups is 1. The zero-order valence-corrected chi connectivity index (χ0v) is 42.6. The van der Waals surface area contributed by atoms with Crippen molar-refractivity contribution >= 4 is 61.1 Å². The van der Waals surface area contributed by atoms with Gasteiger partial charge in [0.15, 0.2) is 0 Å². The predicted octanol–water partition coefficient (Wildman–Crippen LogP) is 13.7. The normalized spacial score (nSPS) is 12.2. The monoisotopic (exact) mass is 1040 g/mol. The van der Waals surface area contributed by atoms with E-state index in [-0.39, 0.29) is 11.1 Å². The zero-order chi connectivity index (χ0) is 54.1. The molecule has 0 N–H and O–H groups in total. The number of hydrogen-bond acceptors (Lipinski definition) is 11. The number of benzene rings is 8. The molecule has 7 heterocycles. The fourth-order valence-electron chi connectivity index (χ4n) is 11.9. The third-order valence-electron chi connectivity index (χ3n) is 15.2. The molecule has 0 saturated carbocycles. The molecular weight excluding hydrogens is 1000 g/mol. The van der Waals surface area contributed by atoms with Gasteiger partial charge in [0.2, 0.25) is 0 Å². The summed E-state index contributed by atoms with van der Waals surface area (Å²) in [6, 6.07) is 53.5. The Morgan fingerprint density at radius 1 is 0.321 bits per heavy atom. The second kappa shape index (κ2) is 18.8. The van der Waals surface area contributed by atoms with Crippen molar-refractivity contribution in [3.8, 4) is 84.2 Å². The average molecular weight is 1040 g/mol. The molecular formula is C67H38N12O2. The summed E-state index contributed by atoms with van der Waals surface area (Å²) in [5, 5.41) is 15.2. The van der Waals surface area contributed by atoms with E-state index in [2.05, 4.69) is 79.3 Å². The molecule has 0 aliphatic carbocycles. The number of anilines is 1. The average Bonchev–Trinajstić information content (AvgIpc) is 3.60. The third-order valence-corrected chi connectivity index (χ3v) is 15.2. The summed E-state index contributed by atoms with van der Waals surface area (Å²) >= 11 is 0. The van der Waals surface area contributed by atoms with E-state index in [4.69, 9.17) is 0 Å². The fraction of sp³-hybridized carbons (Fsp3) is 0. The Balaban J connectivity index is 1.16. The Morgan fingerprint density at radius 3 is 1.10 bits per heavy atom. The van der Waals surface area contributed by atoms with Gasteiger partial charge < -0.3 is 9.13 Å². The van der Waals surface area contributed by atoms with Crippen LogP contribution in [0.1, 0.15) is 26.3 Å². The molecule has 14 aromatic rings. The van der Waals surface area contributed by atoms with Gasteiger partial charge in [0, 0.05) is 127 Å². The van der Waals surface area contributed by atoms with Crippen molar-refractivity contribution < 1.29 is 9.59 Å². The molecule has 14 heteroatoms. The van der Waals surface area contributed by atoms with E-state index in [1.807, 2.05) is 127 Å². The molecule has 2 amide bonds. The number of fused-ring (bicyclic) bond motifs is 7. The highest BCUT2D eigenvalue weighted by Crippen LogP contribution is 2.50. The Morgan fingerprint density at radius 2 is 0.679 bits per heavy atom. The van der Waals surface area contributed by atoms with Crippen LogP contribution >= 0.6 is 0 Å². The van der Waals surface area contributed by atoms with Crippen molar-refractivity contribution in [2.45, 2.75) is 0 Å². The minimum Gasteiger partial charge on any atom is -0.307 e. The van der Waals surface area contributed by atoms with Crippen molar-refractivity contribution in [2.24, 2.45) is 0 Å². The molecule has 0 spiro atoms. The first-order valence-electron chi connectivity index (χ1n) is 25.9. The van der Waals surface area contributed by atoms with Gasteiger partial charge in [0.1, 0.15) is 25.3 Å². The Labute approximate surface area is 461 Å². The summed E-state index contributed by atoms with van der Waals surface area (Å²) < 4.78 is 4.37. The van der Waals surface area contributed by atoms with Gasteiger partial charge in [-0.25, -0.2) is 44.8 Å². The molecule has 1 aliphatic rings. The van der Waals surface area contributed by atoms with Crippen LogP contribution in [-0.2, 0) is 0 Å². The third kappa shape index (κ3) is 7.27. The van der Waals surface area contributed by atoms with Crippen molar-refractivity contribution in [3.05, 3.63) is 249 Å². The number of para-hydroxylation sites is 5. The summed E-state index contributed by atoms with van der Waals surface area (Å²) in [6.07, 6.45) is 20.3. The van der Waals surface area contributed by atoms with Crippen LogP contribution in [0.2, 0.25) is 0 Å². The quantitative estimate of drug-likeness (QED) is 0.126. The standard InChI is InChI=1S/C67H38N12O2/c68-27-40-25-58(77-62-47(42-28-69-36-70-29-42)14-6-18-51(62)52-19-7-15-48(63(52)77)43-30-71-37-72-31-43)61(55-22-10-23-56-60(55)67(81)79(66(56)80)57-24-5-4-13-46(57)41-11-2-1-3-12-41)59(26-40)78-64-49(44-32-73-38-74-33-44)16-8-20-53(64)54-21-9-17-50(65(54)78)45-34-75-39-76-35-45/h1-26,28-39H. The van der Waals surface area contributed by atoms with Crippen LogP contribution in [0, 0.1) is 11.3 Å². The molecule has 0 fully saturated rings. The summed E-state index contributed by atoms with van der Waals surface area (Å²) in [5.74, 6) is -0.977. The van der Waals surface area contributed by atoms with Gasteiger partial charge in [-0.15, -0.1) is 0 Å². The van der Waals surface area contributed by atoms with Crippen LogP contribution in [0.3, 0.4) is 0 Å². The van der Waals surface area contributed by atoms with Crippen molar-refractivity contribution in [1.29, 1.82) is 5.26 Å². The molecule has 15 rings (SSSR count). The molecule has 8 aromatic carbocycles. The first-order valence-corrected chi connectivity index (χ1v) is 25.9. The highest BCUT2D eigenvalue weighted by atomic mass is 16.2. The van der Waals surface area contributed by atoms with E-state index in [1.54, 1.807) is 55.6 Å². The van der Waals surface area contributed by atoms with Gasteiger partial charge >= 0.3 is 0 Å². The number of nitriles is 1. The lowest BCUT2D eigenvalue weighted by Crippen LogP contribution is -2.30. The molecule has 81 heavy (non-hydrogen) atoms. The predicted molar refractivity (Wildman–Crippen MR) is 312 cm³/mol.